The molecule has 1 aliphatic rings. The van der Waals surface area contributed by atoms with Crippen LogP contribution in [-0.2, 0) is 21.2 Å². The Morgan fingerprint density at radius 2 is 2.00 bits per heavy atom. The molecule has 0 saturated carbocycles. The molecule has 1 saturated heterocycles. The Morgan fingerprint density at radius 1 is 1.36 bits per heavy atom. The highest BCUT2D eigenvalue weighted by Gasteiger charge is 2.30. The SMILES string of the molecule is Cc1ccc(CN(C)[C@H](C)C(=O)N[C@H]2CCS(=O)(=O)C2)cc1. The number of likely N-dealkylation sites (N-methyl/N-ethyl adjacent to an activating group) is 1. The normalized spacial score (nSPS) is 21.7. The summed E-state index contributed by atoms with van der Waals surface area (Å²) < 4.78 is 22.9. The fourth-order valence-electron chi connectivity index (χ4n) is 2.55. The summed E-state index contributed by atoms with van der Waals surface area (Å²) in [5.74, 6) is 0.121. The summed E-state index contributed by atoms with van der Waals surface area (Å²) in [4.78, 5) is 14.2. The number of benzene rings is 1. The number of rotatable bonds is 5. The van der Waals surface area contributed by atoms with Gasteiger partial charge in [-0.3, -0.25) is 9.69 Å². The number of hydrogen-bond donors (Lipinski definition) is 1. The van der Waals surface area contributed by atoms with Crippen LogP contribution in [0.4, 0.5) is 0 Å². The maximum atomic E-state index is 12.2. The lowest BCUT2D eigenvalue weighted by atomic mass is 10.1. The third-order valence-electron chi connectivity index (χ3n) is 4.17. The quantitative estimate of drug-likeness (QED) is 0.881. The van der Waals surface area contributed by atoms with Crippen molar-refractivity contribution in [2.75, 3.05) is 18.6 Å². The van der Waals surface area contributed by atoms with Crippen molar-refractivity contribution in [1.82, 2.24) is 10.2 Å². The zero-order valence-electron chi connectivity index (χ0n) is 13.4. The van der Waals surface area contributed by atoms with Crippen molar-refractivity contribution in [3.63, 3.8) is 0 Å². The van der Waals surface area contributed by atoms with Crippen LogP contribution in [0.25, 0.3) is 0 Å². The van der Waals surface area contributed by atoms with E-state index in [-0.39, 0.29) is 29.5 Å². The second-order valence-corrected chi connectivity index (χ2v) is 8.41. The Balaban J connectivity index is 1.88. The van der Waals surface area contributed by atoms with Crippen molar-refractivity contribution < 1.29 is 13.2 Å². The first-order valence-corrected chi connectivity index (χ1v) is 9.35. The standard InChI is InChI=1S/C16H24N2O3S/c1-12-4-6-14(7-5-12)10-18(3)13(2)16(19)17-15-8-9-22(20,21)11-15/h4-7,13,15H,8-11H2,1-3H3,(H,17,19)/t13-,15+/m1/s1. The predicted molar refractivity (Wildman–Crippen MR) is 87.3 cm³/mol. The first-order chi connectivity index (χ1) is 10.3. The molecule has 6 heteroatoms. The van der Waals surface area contributed by atoms with E-state index in [4.69, 9.17) is 0 Å². The lowest BCUT2D eigenvalue weighted by Gasteiger charge is -2.25. The van der Waals surface area contributed by atoms with Gasteiger partial charge in [0.2, 0.25) is 5.91 Å². The zero-order chi connectivity index (χ0) is 16.3. The number of carbonyl (C=O) groups is 1. The molecule has 0 unspecified atom stereocenters. The first kappa shape index (κ1) is 17.0. The molecule has 1 aromatic rings. The topological polar surface area (TPSA) is 66.5 Å². The fourth-order valence-corrected chi connectivity index (χ4v) is 4.22. The molecule has 0 aromatic heterocycles. The van der Waals surface area contributed by atoms with Gasteiger partial charge in [0.1, 0.15) is 0 Å². The molecule has 5 nitrogen and oxygen atoms in total. The maximum Gasteiger partial charge on any atom is 0.237 e. The van der Waals surface area contributed by atoms with Crippen LogP contribution in [0, 0.1) is 6.92 Å². The molecule has 1 amide bonds. The van der Waals surface area contributed by atoms with Gasteiger partial charge in [-0.1, -0.05) is 29.8 Å². The van der Waals surface area contributed by atoms with E-state index in [1.54, 1.807) is 0 Å². The van der Waals surface area contributed by atoms with Crippen molar-refractivity contribution in [3.8, 4) is 0 Å². The number of aryl methyl sites for hydroxylation is 1. The summed E-state index contributed by atoms with van der Waals surface area (Å²) in [5, 5.41) is 2.85. The van der Waals surface area contributed by atoms with Gasteiger partial charge in [-0.15, -0.1) is 0 Å². The van der Waals surface area contributed by atoms with Gasteiger partial charge in [-0.25, -0.2) is 8.42 Å². The number of amides is 1. The van der Waals surface area contributed by atoms with Crippen LogP contribution >= 0.6 is 0 Å². The highest BCUT2D eigenvalue weighted by Crippen LogP contribution is 2.13. The maximum absolute atomic E-state index is 12.2. The first-order valence-electron chi connectivity index (χ1n) is 7.53. The van der Waals surface area contributed by atoms with Crippen LogP contribution in [-0.4, -0.2) is 49.9 Å². The van der Waals surface area contributed by atoms with E-state index in [1.165, 1.54) is 5.56 Å². The third kappa shape index (κ3) is 4.55. The number of hydrogen-bond acceptors (Lipinski definition) is 4. The number of sulfone groups is 1. The summed E-state index contributed by atoms with van der Waals surface area (Å²) in [5.41, 5.74) is 2.36. The van der Waals surface area contributed by atoms with Crippen molar-refractivity contribution >= 4 is 15.7 Å². The van der Waals surface area contributed by atoms with Crippen LogP contribution in [0.5, 0.6) is 0 Å². The second-order valence-electron chi connectivity index (χ2n) is 6.19. The minimum atomic E-state index is -2.97. The van der Waals surface area contributed by atoms with E-state index in [0.717, 1.165) is 5.56 Å². The van der Waals surface area contributed by atoms with E-state index in [9.17, 15) is 13.2 Å². The fraction of sp³-hybridized carbons (Fsp3) is 0.562. The molecule has 122 valence electrons. The van der Waals surface area contributed by atoms with E-state index < -0.39 is 9.84 Å². The number of nitrogens with zero attached hydrogens (tertiary/aromatic N) is 1. The van der Waals surface area contributed by atoms with Gasteiger partial charge in [0, 0.05) is 12.6 Å². The molecule has 2 atom stereocenters. The van der Waals surface area contributed by atoms with Crippen LogP contribution < -0.4 is 5.32 Å². The average Bonchev–Trinajstić information content (AvgIpc) is 2.79. The van der Waals surface area contributed by atoms with Crippen LogP contribution in [0.15, 0.2) is 24.3 Å². The smallest absolute Gasteiger partial charge is 0.237 e. The van der Waals surface area contributed by atoms with Gasteiger partial charge < -0.3 is 5.32 Å². The molecule has 1 aromatic carbocycles. The molecule has 22 heavy (non-hydrogen) atoms. The second kappa shape index (κ2) is 6.79. The van der Waals surface area contributed by atoms with Crippen molar-refractivity contribution in [2.24, 2.45) is 0 Å². The molecule has 1 fully saturated rings. The molecule has 1 aliphatic heterocycles. The highest BCUT2D eigenvalue weighted by atomic mass is 32.2. The van der Waals surface area contributed by atoms with Gasteiger partial charge in [-0.2, -0.15) is 0 Å². The van der Waals surface area contributed by atoms with Crippen molar-refractivity contribution in [1.29, 1.82) is 0 Å². The van der Waals surface area contributed by atoms with Gasteiger partial charge >= 0.3 is 0 Å². The monoisotopic (exact) mass is 324 g/mol. The Bertz CT molecular complexity index is 625. The minimum absolute atomic E-state index is 0.0626. The molecule has 0 spiro atoms. The molecule has 0 aliphatic carbocycles. The summed E-state index contributed by atoms with van der Waals surface area (Å²) in [7, 11) is -1.07. The largest absolute Gasteiger partial charge is 0.351 e. The molecular weight excluding hydrogens is 300 g/mol. The Kier molecular flexibility index (Phi) is 5.24. The Labute approximate surface area is 132 Å². The zero-order valence-corrected chi connectivity index (χ0v) is 14.2. The number of nitrogens with one attached hydrogen (secondary N) is 1. The molecular formula is C16H24N2O3S. The Morgan fingerprint density at radius 3 is 2.55 bits per heavy atom. The minimum Gasteiger partial charge on any atom is -0.351 e. The molecule has 2 rings (SSSR count). The summed E-state index contributed by atoms with van der Waals surface area (Å²) in [6, 6.07) is 7.67. The summed E-state index contributed by atoms with van der Waals surface area (Å²) in [6.07, 6.45) is 0.516. The van der Waals surface area contributed by atoms with Gasteiger partial charge in [0.25, 0.3) is 0 Å². The number of carbonyl (C=O) groups excluding carboxylic acids is 1. The van der Waals surface area contributed by atoms with Gasteiger partial charge in [0.05, 0.1) is 17.5 Å². The van der Waals surface area contributed by atoms with E-state index >= 15 is 0 Å². The molecule has 1 N–H and O–H groups in total. The van der Waals surface area contributed by atoms with Gasteiger partial charge in [0.15, 0.2) is 9.84 Å². The summed E-state index contributed by atoms with van der Waals surface area (Å²) >= 11 is 0. The van der Waals surface area contributed by atoms with Gasteiger partial charge in [-0.05, 0) is 32.9 Å². The van der Waals surface area contributed by atoms with E-state index in [1.807, 2.05) is 25.8 Å². The molecule has 0 bridgehead atoms. The third-order valence-corrected chi connectivity index (χ3v) is 5.94. The lowest BCUT2D eigenvalue weighted by Crippen LogP contribution is -2.47. The summed E-state index contributed by atoms with van der Waals surface area (Å²) in [6.45, 7) is 4.56. The van der Waals surface area contributed by atoms with Crippen LogP contribution in [0.2, 0.25) is 0 Å². The predicted octanol–water partition coefficient (Wildman–Crippen LogP) is 1.12. The van der Waals surface area contributed by atoms with Crippen molar-refractivity contribution in [3.05, 3.63) is 35.4 Å². The molecule has 1 heterocycles. The van der Waals surface area contributed by atoms with E-state index in [2.05, 4.69) is 29.6 Å². The molecule has 0 radical (unpaired) electrons. The Hall–Kier alpha value is -1.40. The van der Waals surface area contributed by atoms with Crippen LogP contribution in [0.3, 0.4) is 0 Å². The highest BCUT2D eigenvalue weighted by molar-refractivity contribution is 7.91. The van der Waals surface area contributed by atoms with Crippen LogP contribution in [0.1, 0.15) is 24.5 Å². The average molecular weight is 324 g/mol. The van der Waals surface area contributed by atoms with E-state index in [0.29, 0.717) is 13.0 Å². The van der Waals surface area contributed by atoms with Crippen molar-refractivity contribution in [2.45, 2.75) is 38.9 Å². The lowest BCUT2D eigenvalue weighted by molar-refractivity contribution is -0.126.